The van der Waals surface area contributed by atoms with Crippen molar-refractivity contribution in [2.45, 2.75) is 26.3 Å². The van der Waals surface area contributed by atoms with Gasteiger partial charge in [0.1, 0.15) is 6.04 Å². The van der Waals surface area contributed by atoms with Crippen molar-refractivity contribution < 1.29 is 28.8 Å². The molecule has 1 N–H and O–H groups in total. The van der Waals surface area contributed by atoms with E-state index in [0.29, 0.717) is 4.90 Å². The topological polar surface area (TPSA) is 136 Å². The zero-order valence-corrected chi connectivity index (χ0v) is 21.7. The number of anilines is 1. The number of nitrogens with zero attached hydrogens (tertiary/aromatic N) is 2. The molecule has 2 aromatic carbocycles. The van der Waals surface area contributed by atoms with Crippen molar-refractivity contribution in [2.24, 2.45) is 5.92 Å². The second-order valence-electron chi connectivity index (χ2n) is 8.09. The smallest absolute Gasteiger partial charge is 0.329 e. The molecule has 0 saturated carbocycles. The quantitative estimate of drug-likeness (QED) is 0.111. The number of hydrogen-bond donors (Lipinski definition) is 1. The number of ether oxygens (including phenoxy) is 1. The Morgan fingerprint density at radius 3 is 2.08 bits per heavy atom. The van der Waals surface area contributed by atoms with E-state index in [1.165, 1.54) is 18.2 Å². The van der Waals surface area contributed by atoms with Gasteiger partial charge in [0, 0.05) is 17.8 Å². The zero-order valence-electron chi connectivity index (χ0n) is 18.6. The number of rotatable bonds is 8. The van der Waals surface area contributed by atoms with Crippen LogP contribution < -0.4 is 5.32 Å². The van der Waals surface area contributed by atoms with E-state index in [9.17, 15) is 29.3 Å². The third-order valence-corrected chi connectivity index (χ3v) is 6.90. The molecule has 0 spiro atoms. The molecule has 190 valence electrons. The van der Waals surface area contributed by atoms with Gasteiger partial charge in [0.15, 0.2) is 6.61 Å². The second kappa shape index (κ2) is 11.0. The van der Waals surface area contributed by atoms with Gasteiger partial charge in [-0.2, -0.15) is 0 Å². The van der Waals surface area contributed by atoms with Crippen LogP contribution in [0.4, 0.5) is 11.4 Å². The molecule has 1 aliphatic heterocycles. The highest BCUT2D eigenvalue weighted by Gasteiger charge is 2.47. The van der Waals surface area contributed by atoms with E-state index in [-0.39, 0.29) is 54.9 Å². The van der Waals surface area contributed by atoms with Gasteiger partial charge in [-0.25, -0.2) is 4.79 Å². The van der Waals surface area contributed by atoms with E-state index in [4.69, 9.17) is 51.1 Å². The Balaban J connectivity index is 1.80. The number of benzene rings is 2. The largest absolute Gasteiger partial charge is 0.454 e. The number of nitro groups is 1. The molecule has 0 aromatic heterocycles. The van der Waals surface area contributed by atoms with Crippen LogP contribution >= 0.6 is 46.4 Å². The molecule has 0 fully saturated rings. The SMILES string of the molecule is CC(C)C[C@@H](C(=O)OCC(=O)Nc1cccc([N+](=O)[O-])c1)N1C(=O)c2c(Cl)c(Cl)c(Cl)c(Cl)c2C1=O. The molecule has 0 radical (unpaired) electrons. The first-order chi connectivity index (χ1) is 16.8. The first kappa shape index (κ1) is 27.7. The summed E-state index contributed by atoms with van der Waals surface area (Å²) in [6, 6.07) is 3.75. The van der Waals surface area contributed by atoms with E-state index >= 15 is 0 Å². The van der Waals surface area contributed by atoms with Gasteiger partial charge >= 0.3 is 5.97 Å². The summed E-state index contributed by atoms with van der Waals surface area (Å²) in [5, 5.41) is 12.3. The summed E-state index contributed by atoms with van der Waals surface area (Å²) in [5.41, 5.74) is -0.704. The molecule has 1 aliphatic rings. The number of carbonyl (C=O) groups excluding carboxylic acids is 4. The summed E-state index contributed by atoms with van der Waals surface area (Å²) in [6.45, 7) is 2.72. The zero-order chi connectivity index (χ0) is 26.9. The number of carbonyl (C=O) groups is 4. The number of esters is 1. The van der Waals surface area contributed by atoms with E-state index < -0.39 is 41.3 Å². The monoisotopic (exact) mass is 575 g/mol. The minimum absolute atomic E-state index is 0.00744. The fourth-order valence-corrected chi connectivity index (χ4v) is 4.54. The van der Waals surface area contributed by atoms with Gasteiger partial charge in [-0.15, -0.1) is 0 Å². The maximum atomic E-state index is 13.2. The van der Waals surface area contributed by atoms with Crippen LogP contribution in [0.5, 0.6) is 0 Å². The van der Waals surface area contributed by atoms with Crippen molar-refractivity contribution >= 4 is 81.5 Å². The molecule has 0 saturated heterocycles. The third kappa shape index (κ3) is 5.41. The van der Waals surface area contributed by atoms with Gasteiger partial charge in [-0.1, -0.05) is 66.3 Å². The molecule has 0 unspecified atom stereocenters. The molecular formula is C22H17Cl4N3O7. The van der Waals surface area contributed by atoms with Crippen LogP contribution in [-0.2, 0) is 14.3 Å². The number of halogens is 4. The molecule has 0 bridgehead atoms. The van der Waals surface area contributed by atoms with Crippen LogP contribution in [0.3, 0.4) is 0 Å². The Kier molecular flexibility index (Phi) is 8.45. The highest BCUT2D eigenvalue weighted by Crippen LogP contribution is 2.45. The Morgan fingerprint density at radius 1 is 1.03 bits per heavy atom. The van der Waals surface area contributed by atoms with E-state index in [1.807, 2.05) is 0 Å². The molecule has 0 aliphatic carbocycles. The fourth-order valence-electron chi connectivity index (χ4n) is 3.53. The fraction of sp³-hybridized carbons (Fsp3) is 0.273. The van der Waals surface area contributed by atoms with Crippen molar-refractivity contribution in [3.63, 3.8) is 0 Å². The van der Waals surface area contributed by atoms with Gasteiger partial charge in [-0.05, 0) is 18.4 Å². The normalized spacial score (nSPS) is 13.6. The molecule has 36 heavy (non-hydrogen) atoms. The van der Waals surface area contributed by atoms with Gasteiger partial charge in [0.05, 0.1) is 36.1 Å². The number of nitrogens with one attached hydrogen (secondary N) is 1. The molecule has 10 nitrogen and oxygen atoms in total. The minimum atomic E-state index is -1.41. The van der Waals surface area contributed by atoms with Crippen LogP contribution in [0.15, 0.2) is 24.3 Å². The lowest BCUT2D eigenvalue weighted by Gasteiger charge is -2.25. The molecule has 1 atom stereocenters. The highest BCUT2D eigenvalue weighted by atomic mass is 35.5. The maximum absolute atomic E-state index is 13.2. The standard InChI is InChI=1S/C22H17Cl4N3O7/c1-9(2)6-12(22(33)36-8-13(30)27-10-4-3-5-11(7-10)29(34)35)28-20(31)14-15(21(28)32)17(24)19(26)18(25)16(14)23/h3-5,7,9,12H,6,8H2,1-2H3,(H,27,30)/t12-/m0/s1. The average molecular weight is 577 g/mol. The average Bonchev–Trinajstić information content (AvgIpc) is 3.08. The van der Waals surface area contributed by atoms with E-state index in [1.54, 1.807) is 13.8 Å². The molecular weight excluding hydrogens is 560 g/mol. The summed E-state index contributed by atoms with van der Waals surface area (Å²) in [4.78, 5) is 62.5. The van der Waals surface area contributed by atoms with Crippen molar-refractivity contribution in [1.82, 2.24) is 4.90 Å². The number of hydrogen-bond acceptors (Lipinski definition) is 7. The predicted molar refractivity (Wildman–Crippen MR) is 133 cm³/mol. The lowest BCUT2D eigenvalue weighted by molar-refractivity contribution is -0.384. The number of fused-ring (bicyclic) bond motifs is 1. The Bertz CT molecular complexity index is 1250. The highest BCUT2D eigenvalue weighted by molar-refractivity contribution is 6.55. The summed E-state index contributed by atoms with van der Waals surface area (Å²) >= 11 is 24.4. The van der Waals surface area contributed by atoms with Gasteiger partial charge in [-0.3, -0.25) is 29.4 Å². The Morgan fingerprint density at radius 2 is 1.58 bits per heavy atom. The number of nitro benzene ring substituents is 1. The molecule has 1 heterocycles. The van der Waals surface area contributed by atoms with Crippen molar-refractivity contribution in [2.75, 3.05) is 11.9 Å². The second-order valence-corrected chi connectivity index (χ2v) is 9.61. The van der Waals surface area contributed by atoms with Crippen molar-refractivity contribution in [1.29, 1.82) is 0 Å². The number of imide groups is 1. The summed E-state index contributed by atoms with van der Waals surface area (Å²) in [7, 11) is 0. The van der Waals surface area contributed by atoms with Crippen LogP contribution in [0, 0.1) is 16.0 Å². The summed E-state index contributed by atoms with van der Waals surface area (Å²) < 4.78 is 5.08. The van der Waals surface area contributed by atoms with Crippen molar-refractivity contribution in [3.05, 3.63) is 65.6 Å². The Hall–Kier alpha value is -2.92. The number of amides is 3. The van der Waals surface area contributed by atoms with Gasteiger partial charge < -0.3 is 10.1 Å². The molecule has 3 amide bonds. The van der Waals surface area contributed by atoms with E-state index in [0.717, 1.165) is 6.07 Å². The van der Waals surface area contributed by atoms with Crippen molar-refractivity contribution in [3.8, 4) is 0 Å². The predicted octanol–water partition coefficient (Wildman–Crippen LogP) is 5.40. The van der Waals surface area contributed by atoms with Crippen LogP contribution in [0.25, 0.3) is 0 Å². The summed E-state index contributed by atoms with van der Waals surface area (Å²) in [6.07, 6.45) is 0.00744. The lowest BCUT2D eigenvalue weighted by Crippen LogP contribution is -2.47. The summed E-state index contributed by atoms with van der Waals surface area (Å²) in [5.74, 6) is -3.83. The van der Waals surface area contributed by atoms with E-state index in [2.05, 4.69) is 5.32 Å². The molecule has 3 rings (SSSR count). The number of non-ortho nitro benzene ring substituents is 1. The van der Waals surface area contributed by atoms with Gasteiger partial charge in [0.25, 0.3) is 23.4 Å². The minimum Gasteiger partial charge on any atom is -0.454 e. The van der Waals surface area contributed by atoms with Gasteiger partial charge in [0.2, 0.25) is 0 Å². The first-order valence-electron chi connectivity index (χ1n) is 10.3. The Labute approximate surface area is 224 Å². The molecule has 14 heteroatoms. The third-order valence-electron chi connectivity index (χ3n) is 5.10. The molecule has 2 aromatic rings. The van der Waals surface area contributed by atoms with Crippen LogP contribution in [0.1, 0.15) is 41.0 Å². The first-order valence-corrected chi connectivity index (χ1v) is 11.8. The lowest BCUT2D eigenvalue weighted by atomic mass is 10.0. The van der Waals surface area contributed by atoms with Crippen LogP contribution in [0.2, 0.25) is 20.1 Å². The van der Waals surface area contributed by atoms with Crippen LogP contribution in [-0.4, -0.2) is 46.2 Å². The maximum Gasteiger partial charge on any atom is 0.329 e.